The highest BCUT2D eigenvalue weighted by Crippen LogP contribution is 2.27. The highest BCUT2D eigenvalue weighted by molar-refractivity contribution is 8.00. The van der Waals surface area contributed by atoms with E-state index in [1.54, 1.807) is 7.11 Å². The van der Waals surface area contributed by atoms with E-state index in [2.05, 4.69) is 19.2 Å². The smallest absolute Gasteiger partial charge is 0.322 e. The van der Waals surface area contributed by atoms with Gasteiger partial charge in [0, 0.05) is 43.7 Å². The van der Waals surface area contributed by atoms with Crippen molar-refractivity contribution in [2.75, 3.05) is 37.9 Å². The number of methoxy groups -OCH3 is 1. The minimum absolute atomic E-state index is 0.0578. The predicted molar refractivity (Wildman–Crippen MR) is 95.5 cm³/mol. The Bertz CT molecular complexity index is 512. The summed E-state index contributed by atoms with van der Waals surface area (Å²) in [5.41, 5.74) is 0.716. The fourth-order valence-corrected chi connectivity index (χ4v) is 3.59. The molecule has 1 aliphatic heterocycles. The Balaban J connectivity index is 1.97. The van der Waals surface area contributed by atoms with Gasteiger partial charge in [0.15, 0.2) is 0 Å². The average molecular weight is 338 g/mol. The zero-order valence-electron chi connectivity index (χ0n) is 14.1. The number of nitrogens with one attached hydrogen (secondary N) is 1. The summed E-state index contributed by atoms with van der Waals surface area (Å²) in [6.45, 7) is 6.27. The topological polar surface area (TPSA) is 50.8 Å². The van der Waals surface area contributed by atoms with Crippen molar-refractivity contribution in [1.82, 2.24) is 4.90 Å². The molecule has 2 rings (SSSR count). The van der Waals surface area contributed by atoms with Crippen LogP contribution >= 0.6 is 11.8 Å². The number of urea groups is 1. The molecule has 0 saturated carbocycles. The number of rotatable bonds is 6. The molecule has 0 radical (unpaired) electrons. The minimum atomic E-state index is -0.0578. The first-order chi connectivity index (χ1) is 11.1. The van der Waals surface area contributed by atoms with Crippen LogP contribution in [0.25, 0.3) is 0 Å². The summed E-state index contributed by atoms with van der Waals surface area (Å²) in [5.74, 6) is 1.68. The molecule has 0 spiro atoms. The quantitative estimate of drug-likeness (QED) is 0.807. The Morgan fingerprint density at radius 2 is 2.13 bits per heavy atom. The summed E-state index contributed by atoms with van der Waals surface area (Å²) < 4.78 is 10.8. The number of carbonyl (C=O) groups is 1. The molecule has 0 aromatic heterocycles. The molecule has 6 heteroatoms. The van der Waals surface area contributed by atoms with Gasteiger partial charge in [0.2, 0.25) is 0 Å². The zero-order chi connectivity index (χ0) is 16.7. The molecular formula is C17H26N2O3S. The minimum Gasteiger partial charge on any atom is -0.491 e. The van der Waals surface area contributed by atoms with Crippen molar-refractivity contribution in [2.45, 2.75) is 31.6 Å². The van der Waals surface area contributed by atoms with Crippen LogP contribution in [0.1, 0.15) is 20.3 Å². The van der Waals surface area contributed by atoms with E-state index in [9.17, 15) is 4.79 Å². The van der Waals surface area contributed by atoms with Crippen molar-refractivity contribution >= 4 is 23.5 Å². The molecule has 1 aromatic carbocycles. The SMILES string of the molecule is COCCCOc1ccccc1NC(=O)N1CCS[C@@H](C)[C@@H]1C. The number of hydrogen-bond acceptors (Lipinski definition) is 4. The summed E-state index contributed by atoms with van der Waals surface area (Å²) >= 11 is 1.91. The van der Waals surface area contributed by atoms with Gasteiger partial charge in [-0.3, -0.25) is 0 Å². The lowest BCUT2D eigenvalue weighted by Gasteiger charge is -2.37. The van der Waals surface area contributed by atoms with Gasteiger partial charge in [-0.25, -0.2) is 4.79 Å². The van der Waals surface area contributed by atoms with Gasteiger partial charge in [-0.1, -0.05) is 19.1 Å². The molecule has 5 nitrogen and oxygen atoms in total. The Morgan fingerprint density at radius 1 is 1.35 bits per heavy atom. The third-order valence-electron chi connectivity index (χ3n) is 4.02. The summed E-state index contributed by atoms with van der Waals surface area (Å²) in [7, 11) is 1.67. The maximum absolute atomic E-state index is 12.6. The van der Waals surface area contributed by atoms with Crippen LogP contribution in [0.2, 0.25) is 0 Å². The van der Waals surface area contributed by atoms with Crippen molar-refractivity contribution in [3.63, 3.8) is 0 Å². The second-order valence-corrected chi connectivity index (χ2v) is 7.12. The van der Waals surface area contributed by atoms with Gasteiger partial charge in [-0.05, 0) is 19.1 Å². The monoisotopic (exact) mass is 338 g/mol. The summed E-state index contributed by atoms with van der Waals surface area (Å²) in [5, 5.41) is 3.45. The van der Waals surface area contributed by atoms with Gasteiger partial charge in [-0.15, -0.1) is 0 Å². The Labute approximate surface area is 142 Å². The lowest BCUT2D eigenvalue weighted by Crippen LogP contribution is -2.49. The molecule has 1 aliphatic rings. The molecule has 2 amide bonds. The van der Waals surface area contributed by atoms with Crippen molar-refractivity contribution in [3.05, 3.63) is 24.3 Å². The van der Waals surface area contributed by atoms with Crippen LogP contribution in [-0.4, -0.2) is 54.8 Å². The van der Waals surface area contributed by atoms with Crippen LogP contribution in [-0.2, 0) is 4.74 Å². The first kappa shape index (κ1) is 17.9. The number of benzene rings is 1. The number of anilines is 1. The predicted octanol–water partition coefficient (Wildman–Crippen LogP) is 3.46. The van der Waals surface area contributed by atoms with Crippen LogP contribution in [0.15, 0.2) is 24.3 Å². The molecule has 1 saturated heterocycles. The molecular weight excluding hydrogens is 312 g/mol. The van der Waals surface area contributed by atoms with Crippen LogP contribution in [0.3, 0.4) is 0 Å². The molecule has 128 valence electrons. The fourth-order valence-electron chi connectivity index (χ4n) is 2.49. The van der Waals surface area contributed by atoms with Crippen molar-refractivity contribution in [1.29, 1.82) is 0 Å². The van der Waals surface area contributed by atoms with Gasteiger partial charge in [0.25, 0.3) is 0 Å². The average Bonchev–Trinajstić information content (AvgIpc) is 2.55. The van der Waals surface area contributed by atoms with Gasteiger partial charge in [0.1, 0.15) is 5.75 Å². The zero-order valence-corrected chi connectivity index (χ0v) is 14.9. The van der Waals surface area contributed by atoms with Crippen molar-refractivity contribution in [2.24, 2.45) is 0 Å². The highest BCUT2D eigenvalue weighted by atomic mass is 32.2. The molecule has 2 atom stereocenters. The van der Waals surface area contributed by atoms with E-state index in [-0.39, 0.29) is 12.1 Å². The molecule has 1 aromatic rings. The van der Waals surface area contributed by atoms with Crippen LogP contribution < -0.4 is 10.1 Å². The number of amides is 2. The maximum Gasteiger partial charge on any atom is 0.322 e. The third-order valence-corrected chi connectivity index (χ3v) is 5.36. The Kier molecular flexibility index (Phi) is 7.05. The van der Waals surface area contributed by atoms with E-state index in [1.807, 2.05) is 40.9 Å². The number of thioether (sulfide) groups is 1. The first-order valence-electron chi connectivity index (χ1n) is 8.03. The number of carbonyl (C=O) groups excluding carboxylic acids is 1. The number of hydrogen-bond donors (Lipinski definition) is 1. The number of nitrogens with zero attached hydrogens (tertiary/aromatic N) is 1. The van der Waals surface area contributed by atoms with E-state index >= 15 is 0 Å². The summed E-state index contributed by atoms with van der Waals surface area (Å²) in [6.07, 6.45) is 0.816. The Morgan fingerprint density at radius 3 is 2.91 bits per heavy atom. The number of ether oxygens (including phenoxy) is 2. The van der Waals surface area contributed by atoms with Gasteiger partial charge in [0.05, 0.1) is 12.3 Å². The summed E-state index contributed by atoms with van der Waals surface area (Å²) in [4.78, 5) is 14.5. The lowest BCUT2D eigenvalue weighted by molar-refractivity contribution is 0.172. The fraction of sp³-hybridized carbons (Fsp3) is 0.588. The van der Waals surface area contributed by atoms with E-state index in [0.717, 1.165) is 18.7 Å². The molecule has 23 heavy (non-hydrogen) atoms. The maximum atomic E-state index is 12.6. The molecule has 1 N–H and O–H groups in total. The standard InChI is InChI=1S/C17H26N2O3S/c1-13-14(2)23-12-9-19(13)17(20)18-15-7-4-5-8-16(15)22-11-6-10-21-3/h4-5,7-8,13-14H,6,9-12H2,1-3H3,(H,18,20)/t13-,14-/m0/s1. The second kappa shape index (κ2) is 9.03. The second-order valence-electron chi connectivity index (χ2n) is 5.63. The molecule has 1 heterocycles. The van der Waals surface area contributed by atoms with Gasteiger partial charge < -0.3 is 19.7 Å². The lowest BCUT2D eigenvalue weighted by atomic mass is 10.2. The summed E-state index contributed by atoms with van der Waals surface area (Å²) in [6, 6.07) is 7.72. The molecule has 0 aliphatic carbocycles. The largest absolute Gasteiger partial charge is 0.491 e. The molecule has 1 fully saturated rings. The van der Waals surface area contributed by atoms with Crippen LogP contribution in [0.5, 0.6) is 5.75 Å². The van der Waals surface area contributed by atoms with E-state index in [0.29, 0.717) is 29.9 Å². The first-order valence-corrected chi connectivity index (χ1v) is 9.08. The van der Waals surface area contributed by atoms with Crippen molar-refractivity contribution < 1.29 is 14.3 Å². The molecule has 0 bridgehead atoms. The van der Waals surface area contributed by atoms with Crippen molar-refractivity contribution in [3.8, 4) is 5.75 Å². The van der Waals surface area contributed by atoms with Gasteiger partial charge >= 0.3 is 6.03 Å². The normalized spacial score (nSPS) is 21.1. The number of para-hydroxylation sites is 2. The highest BCUT2D eigenvalue weighted by Gasteiger charge is 2.29. The van der Waals surface area contributed by atoms with E-state index in [1.165, 1.54) is 0 Å². The van der Waals surface area contributed by atoms with E-state index < -0.39 is 0 Å². The van der Waals surface area contributed by atoms with E-state index in [4.69, 9.17) is 9.47 Å². The van der Waals surface area contributed by atoms with Gasteiger partial charge in [-0.2, -0.15) is 11.8 Å². The Hall–Kier alpha value is -1.40. The van der Waals surface area contributed by atoms with Crippen LogP contribution in [0, 0.1) is 0 Å². The molecule has 0 unspecified atom stereocenters. The third kappa shape index (κ3) is 5.04. The van der Waals surface area contributed by atoms with Crippen LogP contribution in [0.4, 0.5) is 10.5 Å².